The van der Waals surface area contributed by atoms with Gasteiger partial charge in [0.25, 0.3) is 0 Å². The number of esters is 2. The minimum absolute atomic E-state index is 0.143. The third-order valence-corrected chi connectivity index (χ3v) is 19.2. The van der Waals surface area contributed by atoms with Crippen molar-refractivity contribution in [2.45, 2.75) is 411 Å². The summed E-state index contributed by atoms with van der Waals surface area (Å²) >= 11 is 0. The lowest BCUT2D eigenvalue weighted by molar-refractivity contribution is -0.870. The first-order valence-corrected chi connectivity index (χ1v) is 43.7. The number of nitrogens with zero attached hydrogens (tertiary/aromatic N) is 1. The molecule has 0 aliphatic carbocycles. The van der Waals surface area contributed by atoms with Crippen molar-refractivity contribution in [2.75, 3.05) is 47.5 Å². The van der Waals surface area contributed by atoms with Crippen molar-refractivity contribution < 1.29 is 42.9 Å². The summed E-state index contributed by atoms with van der Waals surface area (Å²) in [5.74, 6) is -2.28. The predicted octanol–water partition coefficient (Wildman–Crippen LogP) is 27.3. The Morgan fingerprint density at radius 3 is 0.835 bits per heavy atom. The van der Waals surface area contributed by atoms with Gasteiger partial charge in [0.1, 0.15) is 13.2 Å². The summed E-state index contributed by atoms with van der Waals surface area (Å²) in [5, 5.41) is 11.9. The second-order valence-corrected chi connectivity index (χ2v) is 30.4. The molecular weight excluding hydrogens is 1270 g/mol. The molecule has 0 fully saturated rings. The van der Waals surface area contributed by atoms with Crippen molar-refractivity contribution >= 4 is 17.9 Å². The molecule has 0 spiro atoms. The molecule has 9 heteroatoms. The first kappa shape index (κ1) is 98.7. The number of rotatable bonds is 81. The van der Waals surface area contributed by atoms with Crippen LogP contribution in [0.15, 0.2) is 122 Å². The van der Waals surface area contributed by atoms with E-state index < -0.39 is 24.3 Å². The van der Waals surface area contributed by atoms with E-state index in [9.17, 15) is 19.5 Å². The number of carboxylic acid groups (broad SMARTS) is 1. The van der Waals surface area contributed by atoms with Crippen LogP contribution in [-0.2, 0) is 33.3 Å². The summed E-state index contributed by atoms with van der Waals surface area (Å²) in [6.07, 6.45) is 116. The Morgan fingerprint density at radius 2 is 0.553 bits per heavy atom. The molecule has 0 saturated carbocycles. The molecule has 2 unspecified atom stereocenters. The summed E-state index contributed by atoms with van der Waals surface area (Å²) in [4.78, 5) is 37.7. The number of carboxylic acids is 1. The van der Waals surface area contributed by atoms with Crippen LogP contribution in [0, 0.1) is 0 Å². The summed E-state index contributed by atoms with van der Waals surface area (Å²) in [6, 6.07) is 0. The third kappa shape index (κ3) is 84.8. The van der Waals surface area contributed by atoms with Crippen molar-refractivity contribution in [1.29, 1.82) is 0 Å². The zero-order valence-corrected chi connectivity index (χ0v) is 68.2. The molecule has 9 nitrogen and oxygen atoms in total. The molecule has 0 aliphatic rings. The number of carbonyl (C=O) groups excluding carboxylic acids is 3. The maximum absolute atomic E-state index is 13.0. The zero-order chi connectivity index (χ0) is 74.6. The fraction of sp³-hybridized carbons (Fsp3) is 0.755. The first-order valence-electron chi connectivity index (χ1n) is 43.7. The van der Waals surface area contributed by atoms with Crippen molar-refractivity contribution in [2.24, 2.45) is 0 Å². The molecule has 0 rings (SSSR count). The van der Waals surface area contributed by atoms with Crippen LogP contribution in [-0.4, -0.2) is 82.3 Å². The maximum Gasteiger partial charge on any atom is 0.306 e. The van der Waals surface area contributed by atoms with Crippen molar-refractivity contribution in [3.63, 3.8) is 0 Å². The lowest BCUT2D eigenvalue weighted by atomic mass is 10.0. The Morgan fingerprint density at radius 1 is 0.301 bits per heavy atom. The number of likely N-dealkylation sites (N-methyl/N-ethyl adjacent to an activating group) is 1. The van der Waals surface area contributed by atoms with Gasteiger partial charge in [-0.1, -0.05) is 399 Å². The molecular formula is C94H165NO8. The number of hydrogen-bond acceptors (Lipinski definition) is 8. The normalized spacial score (nSPS) is 13.2. The number of ether oxygens (including phenoxy) is 4. The summed E-state index contributed by atoms with van der Waals surface area (Å²) < 4.78 is 22.9. The Kier molecular flexibility index (Phi) is 79.8. The van der Waals surface area contributed by atoms with Crippen LogP contribution in [0.1, 0.15) is 399 Å². The Labute approximate surface area is 637 Å². The Bertz CT molecular complexity index is 2120. The van der Waals surface area contributed by atoms with E-state index in [1.165, 1.54) is 263 Å². The van der Waals surface area contributed by atoms with Gasteiger partial charge in [-0.05, 0) is 109 Å². The first-order chi connectivity index (χ1) is 50.6. The summed E-state index contributed by atoms with van der Waals surface area (Å²) in [6.45, 7) is 4.67. The highest BCUT2D eigenvalue weighted by Crippen LogP contribution is 2.19. The van der Waals surface area contributed by atoms with Gasteiger partial charge in [-0.25, -0.2) is 0 Å². The smallest absolute Gasteiger partial charge is 0.306 e. The van der Waals surface area contributed by atoms with Gasteiger partial charge < -0.3 is 33.3 Å². The molecule has 0 N–H and O–H groups in total. The van der Waals surface area contributed by atoms with Gasteiger partial charge in [0, 0.05) is 12.8 Å². The number of carbonyl (C=O) groups is 3. The fourth-order valence-corrected chi connectivity index (χ4v) is 12.6. The molecule has 0 saturated heterocycles. The molecule has 0 aromatic carbocycles. The quantitative estimate of drug-likeness (QED) is 0.0195. The lowest BCUT2D eigenvalue weighted by Crippen LogP contribution is -2.44. The molecule has 0 aromatic rings. The van der Waals surface area contributed by atoms with E-state index in [1.54, 1.807) is 0 Å². The van der Waals surface area contributed by atoms with Crippen LogP contribution in [0.5, 0.6) is 0 Å². The molecule has 2 atom stereocenters. The van der Waals surface area contributed by atoms with Gasteiger partial charge in [0.15, 0.2) is 12.4 Å². The van der Waals surface area contributed by atoms with Gasteiger partial charge in [-0.15, -0.1) is 0 Å². The largest absolute Gasteiger partial charge is 0.545 e. The molecule has 103 heavy (non-hydrogen) atoms. The monoisotopic (exact) mass is 1440 g/mol. The molecule has 594 valence electrons. The Balaban J connectivity index is 3.99. The SMILES string of the molecule is CC/C=C\C/C=C\C/C=C\C/C=C\C/C=C\C/C=C\C/C=C\C/C=C\C/C=C\CCCCCCCCCCCC(=O)OC(COC(=O)CCCCCCCCCCCCCCCCCCCCCCCCCCCCCCC/C=C\CCCCCCCCCC)COC(OCC[N+](C)(C)C)C(=O)[O-]. The highest BCUT2D eigenvalue weighted by Gasteiger charge is 2.22. The third-order valence-electron chi connectivity index (χ3n) is 19.2. The van der Waals surface area contributed by atoms with Gasteiger partial charge in [-0.3, -0.25) is 9.59 Å². The molecule has 0 bridgehead atoms. The second-order valence-electron chi connectivity index (χ2n) is 30.4. The van der Waals surface area contributed by atoms with E-state index in [-0.39, 0.29) is 32.2 Å². The van der Waals surface area contributed by atoms with E-state index >= 15 is 0 Å². The van der Waals surface area contributed by atoms with Gasteiger partial charge in [0.05, 0.1) is 40.3 Å². The minimum Gasteiger partial charge on any atom is -0.545 e. The predicted molar refractivity (Wildman–Crippen MR) is 444 cm³/mol. The molecule has 0 radical (unpaired) electrons. The topological polar surface area (TPSA) is 111 Å². The van der Waals surface area contributed by atoms with Crippen LogP contribution in [0.25, 0.3) is 0 Å². The van der Waals surface area contributed by atoms with Crippen LogP contribution >= 0.6 is 0 Å². The summed E-state index contributed by atoms with van der Waals surface area (Å²) in [7, 11) is 5.94. The molecule has 0 amide bonds. The Hall–Kier alpha value is -4.31. The average molecular weight is 1440 g/mol. The second kappa shape index (κ2) is 83.3. The van der Waals surface area contributed by atoms with E-state index in [2.05, 4.69) is 135 Å². The molecule has 0 aliphatic heterocycles. The van der Waals surface area contributed by atoms with Crippen LogP contribution in [0.3, 0.4) is 0 Å². The van der Waals surface area contributed by atoms with Crippen molar-refractivity contribution in [3.8, 4) is 0 Å². The van der Waals surface area contributed by atoms with E-state index in [1.807, 2.05) is 21.1 Å². The number of hydrogen-bond donors (Lipinski definition) is 0. The molecule has 0 aromatic heterocycles. The van der Waals surface area contributed by atoms with Crippen molar-refractivity contribution in [1.82, 2.24) is 0 Å². The summed E-state index contributed by atoms with van der Waals surface area (Å²) in [5.41, 5.74) is 0. The van der Waals surface area contributed by atoms with E-state index in [0.29, 0.717) is 23.9 Å². The average Bonchev–Trinajstić information content (AvgIpc) is 1.16. The number of aliphatic carboxylic acids is 1. The van der Waals surface area contributed by atoms with Gasteiger partial charge >= 0.3 is 11.9 Å². The minimum atomic E-state index is -1.63. The fourth-order valence-electron chi connectivity index (χ4n) is 12.6. The lowest BCUT2D eigenvalue weighted by Gasteiger charge is -2.26. The maximum atomic E-state index is 13.0. The highest BCUT2D eigenvalue weighted by atomic mass is 16.7. The van der Waals surface area contributed by atoms with Crippen LogP contribution in [0.2, 0.25) is 0 Å². The van der Waals surface area contributed by atoms with Gasteiger partial charge in [0.2, 0.25) is 0 Å². The van der Waals surface area contributed by atoms with Crippen LogP contribution in [0.4, 0.5) is 0 Å². The highest BCUT2D eigenvalue weighted by molar-refractivity contribution is 5.70. The number of allylic oxidation sites excluding steroid dienone is 20. The van der Waals surface area contributed by atoms with E-state index in [0.717, 1.165) is 103 Å². The van der Waals surface area contributed by atoms with E-state index in [4.69, 9.17) is 18.9 Å². The van der Waals surface area contributed by atoms with Gasteiger partial charge in [-0.2, -0.15) is 0 Å². The molecule has 0 heterocycles. The number of unbranched alkanes of at least 4 members (excludes halogenated alkanes) is 46. The zero-order valence-electron chi connectivity index (χ0n) is 68.2. The standard InChI is InChI=1S/C94H165NO8/c1-6-8-10-12-14-16-18-20-22-24-26-28-30-32-34-36-38-40-42-44-45-46-47-49-50-52-54-56-58-60-62-64-66-68-70-72-74-76-78-80-82-84-91(96)101-88-90(89-102-94(93(98)99)100-87-86-95(3,4)5)103-92(97)85-83-81-79-77-75-73-71-69-67-65-63-61-59-57-55-53-51-48-43-41-39-37-35-33-31-29-27-25-23-21-19-17-15-13-11-9-7-2/h9,11,15,17,21,23-24,26-27,29,33,35,39,41,48,51,55,57,61,63,90,94H,6-8,10,12-14,16,18-20,22,25,28,30-32,34,36-38,40,42-47,49-50,52-54,56,58-60,62,64-89H2,1-5H3/b11-9-,17-15-,23-21-,26-24-,29-27-,35-33-,41-39-,51-48-,57-55-,63-61-. The van der Waals surface area contributed by atoms with Crippen molar-refractivity contribution in [3.05, 3.63) is 122 Å². The number of quaternary nitrogens is 1. The van der Waals surface area contributed by atoms with Crippen LogP contribution < -0.4 is 5.11 Å².